The fourth-order valence-electron chi connectivity index (χ4n) is 3.24. The number of unbranched alkanes of at least 4 members (excludes halogenated alkanes) is 8. The van der Waals surface area contributed by atoms with Crippen LogP contribution in [0.1, 0.15) is 89.2 Å². The van der Waals surface area contributed by atoms with Crippen molar-refractivity contribution in [2.24, 2.45) is 0 Å². The van der Waals surface area contributed by atoms with E-state index in [1.807, 2.05) is 4.90 Å². The van der Waals surface area contributed by atoms with Crippen molar-refractivity contribution >= 4 is 12.0 Å². The Morgan fingerprint density at radius 2 is 1.45 bits per heavy atom. The Bertz CT molecular complexity index is 596. The van der Waals surface area contributed by atoms with Crippen LogP contribution in [-0.2, 0) is 11.0 Å². The van der Waals surface area contributed by atoms with E-state index in [9.17, 15) is 18.0 Å². The molecule has 1 aromatic rings. The van der Waals surface area contributed by atoms with Gasteiger partial charge < -0.3 is 4.90 Å². The molecule has 5 heteroatoms. The standard InChI is InChI=1S/C24H36F3NO/c1-3-5-7-9-11-18-28(19-12-10-8-6-4-2)23(29)17-16-21-14-13-15-22(20-21)24(25,26)27/h13-17,20H,3-12,18-19H2,1-2H3/b17-16+. The van der Waals surface area contributed by atoms with Crippen LogP contribution in [0.15, 0.2) is 30.3 Å². The third-order valence-corrected chi connectivity index (χ3v) is 5.01. The lowest BCUT2D eigenvalue weighted by molar-refractivity contribution is -0.137. The molecule has 0 fully saturated rings. The number of halogens is 3. The number of benzene rings is 1. The van der Waals surface area contributed by atoms with Crippen molar-refractivity contribution in [2.75, 3.05) is 13.1 Å². The number of rotatable bonds is 14. The molecule has 1 aromatic carbocycles. The number of nitrogens with zero attached hydrogens (tertiary/aromatic N) is 1. The van der Waals surface area contributed by atoms with Gasteiger partial charge in [0.05, 0.1) is 5.56 Å². The third-order valence-electron chi connectivity index (χ3n) is 5.01. The summed E-state index contributed by atoms with van der Waals surface area (Å²) in [5.74, 6) is -0.117. The predicted molar refractivity (Wildman–Crippen MR) is 115 cm³/mol. The summed E-state index contributed by atoms with van der Waals surface area (Å²) in [4.78, 5) is 14.5. The number of alkyl halides is 3. The van der Waals surface area contributed by atoms with Gasteiger partial charge in [-0.25, -0.2) is 0 Å². The third kappa shape index (κ3) is 11.1. The molecule has 0 aliphatic rings. The number of amides is 1. The highest BCUT2D eigenvalue weighted by molar-refractivity contribution is 5.91. The molecule has 29 heavy (non-hydrogen) atoms. The van der Waals surface area contributed by atoms with Crippen molar-refractivity contribution in [1.82, 2.24) is 4.90 Å². The van der Waals surface area contributed by atoms with Gasteiger partial charge in [0.25, 0.3) is 0 Å². The summed E-state index contributed by atoms with van der Waals surface area (Å²) in [5, 5.41) is 0. The second kappa shape index (κ2) is 14.2. The van der Waals surface area contributed by atoms with Crippen molar-refractivity contribution in [2.45, 2.75) is 84.2 Å². The Kier molecular flexibility index (Phi) is 12.4. The molecular weight excluding hydrogens is 375 g/mol. The fraction of sp³-hybridized carbons (Fsp3) is 0.625. The molecule has 0 bridgehead atoms. The largest absolute Gasteiger partial charge is 0.416 e. The first kappa shape index (κ1) is 25.3. The molecule has 1 amide bonds. The lowest BCUT2D eigenvalue weighted by Crippen LogP contribution is -2.31. The average molecular weight is 412 g/mol. The highest BCUT2D eigenvalue weighted by atomic mass is 19.4. The molecular formula is C24H36F3NO. The minimum atomic E-state index is -4.38. The summed E-state index contributed by atoms with van der Waals surface area (Å²) in [5.41, 5.74) is -0.310. The van der Waals surface area contributed by atoms with Crippen molar-refractivity contribution in [3.05, 3.63) is 41.5 Å². The van der Waals surface area contributed by atoms with Crippen LogP contribution >= 0.6 is 0 Å². The Balaban J connectivity index is 2.66. The first-order valence-corrected chi connectivity index (χ1v) is 11.0. The molecule has 0 aromatic heterocycles. The van der Waals surface area contributed by atoms with E-state index < -0.39 is 11.7 Å². The van der Waals surface area contributed by atoms with Gasteiger partial charge in [0.2, 0.25) is 5.91 Å². The second-order valence-corrected chi connectivity index (χ2v) is 7.61. The van der Waals surface area contributed by atoms with E-state index in [1.54, 1.807) is 6.07 Å². The van der Waals surface area contributed by atoms with Crippen LogP contribution in [0.3, 0.4) is 0 Å². The Hall–Kier alpha value is -1.78. The number of hydrogen-bond donors (Lipinski definition) is 0. The van der Waals surface area contributed by atoms with Crippen molar-refractivity contribution in [3.63, 3.8) is 0 Å². The molecule has 0 saturated carbocycles. The zero-order chi connectivity index (χ0) is 21.5. The van der Waals surface area contributed by atoms with E-state index in [2.05, 4.69) is 13.8 Å². The summed E-state index contributed by atoms with van der Waals surface area (Å²) >= 11 is 0. The molecule has 0 radical (unpaired) electrons. The van der Waals surface area contributed by atoms with E-state index in [-0.39, 0.29) is 5.91 Å². The maximum absolute atomic E-state index is 12.9. The molecule has 0 unspecified atom stereocenters. The number of hydrogen-bond acceptors (Lipinski definition) is 1. The quantitative estimate of drug-likeness (QED) is 0.229. The highest BCUT2D eigenvalue weighted by Gasteiger charge is 2.30. The summed E-state index contributed by atoms with van der Waals surface area (Å²) in [6.07, 6.45) is 9.79. The van der Waals surface area contributed by atoms with Gasteiger partial charge in [-0.05, 0) is 36.6 Å². The van der Waals surface area contributed by atoms with Crippen LogP contribution < -0.4 is 0 Å². The fourth-order valence-corrected chi connectivity index (χ4v) is 3.24. The summed E-state index contributed by atoms with van der Waals surface area (Å²) < 4.78 is 38.6. The van der Waals surface area contributed by atoms with Crippen molar-refractivity contribution in [1.29, 1.82) is 0 Å². The molecule has 0 N–H and O–H groups in total. The predicted octanol–water partition coefficient (Wildman–Crippen LogP) is 7.49. The molecule has 0 saturated heterocycles. The van der Waals surface area contributed by atoms with Crippen molar-refractivity contribution < 1.29 is 18.0 Å². The number of carbonyl (C=O) groups is 1. The van der Waals surface area contributed by atoms with E-state index in [0.29, 0.717) is 18.7 Å². The van der Waals surface area contributed by atoms with Gasteiger partial charge in [0, 0.05) is 19.2 Å². The summed E-state index contributed by atoms with van der Waals surface area (Å²) in [7, 11) is 0. The maximum atomic E-state index is 12.9. The van der Waals surface area contributed by atoms with E-state index >= 15 is 0 Å². The zero-order valence-corrected chi connectivity index (χ0v) is 17.9. The van der Waals surface area contributed by atoms with Crippen molar-refractivity contribution in [3.8, 4) is 0 Å². The molecule has 0 heterocycles. The van der Waals surface area contributed by atoms with Gasteiger partial charge >= 0.3 is 6.18 Å². The van der Waals surface area contributed by atoms with Crippen LogP contribution in [0, 0.1) is 0 Å². The van der Waals surface area contributed by atoms with E-state index in [0.717, 1.165) is 37.8 Å². The van der Waals surface area contributed by atoms with E-state index in [4.69, 9.17) is 0 Å². The smallest absolute Gasteiger partial charge is 0.339 e. The van der Waals surface area contributed by atoms with Gasteiger partial charge in [-0.3, -0.25) is 4.79 Å². The minimum Gasteiger partial charge on any atom is -0.339 e. The molecule has 164 valence electrons. The molecule has 0 aliphatic carbocycles. The first-order chi connectivity index (χ1) is 13.9. The normalized spacial score (nSPS) is 11.9. The van der Waals surface area contributed by atoms with Gasteiger partial charge in [-0.2, -0.15) is 13.2 Å². The molecule has 1 rings (SSSR count). The van der Waals surface area contributed by atoms with Gasteiger partial charge in [0.1, 0.15) is 0 Å². The molecule has 0 atom stereocenters. The number of carbonyl (C=O) groups excluding carboxylic acids is 1. The van der Waals surface area contributed by atoms with Crippen LogP contribution in [0.5, 0.6) is 0 Å². The SMILES string of the molecule is CCCCCCCN(CCCCCCC)C(=O)/C=C/c1cccc(C(F)(F)F)c1. The van der Waals surface area contributed by atoms with Gasteiger partial charge in [0.15, 0.2) is 0 Å². The van der Waals surface area contributed by atoms with Crippen LogP contribution in [0.25, 0.3) is 6.08 Å². The maximum Gasteiger partial charge on any atom is 0.416 e. The Morgan fingerprint density at radius 1 is 0.897 bits per heavy atom. The van der Waals surface area contributed by atoms with Crippen LogP contribution in [0.4, 0.5) is 13.2 Å². The Morgan fingerprint density at radius 3 is 1.97 bits per heavy atom. The molecule has 0 aliphatic heterocycles. The molecule has 2 nitrogen and oxygen atoms in total. The first-order valence-electron chi connectivity index (χ1n) is 11.0. The van der Waals surface area contributed by atoms with Crippen LogP contribution in [-0.4, -0.2) is 23.9 Å². The highest BCUT2D eigenvalue weighted by Crippen LogP contribution is 2.29. The lowest BCUT2D eigenvalue weighted by Gasteiger charge is -2.21. The van der Waals surface area contributed by atoms with Crippen LogP contribution in [0.2, 0.25) is 0 Å². The topological polar surface area (TPSA) is 20.3 Å². The monoisotopic (exact) mass is 411 g/mol. The lowest BCUT2D eigenvalue weighted by atomic mass is 10.1. The van der Waals surface area contributed by atoms with Gasteiger partial charge in [-0.15, -0.1) is 0 Å². The summed E-state index contributed by atoms with van der Waals surface area (Å²) in [6.45, 7) is 5.77. The second-order valence-electron chi connectivity index (χ2n) is 7.61. The average Bonchev–Trinajstić information content (AvgIpc) is 2.69. The van der Waals surface area contributed by atoms with E-state index in [1.165, 1.54) is 56.7 Å². The summed E-state index contributed by atoms with van der Waals surface area (Å²) in [6, 6.07) is 5.06. The van der Waals surface area contributed by atoms with Gasteiger partial charge in [-0.1, -0.05) is 77.3 Å². The Labute approximate surface area is 174 Å². The minimum absolute atomic E-state index is 0.117. The molecule has 0 spiro atoms. The zero-order valence-electron chi connectivity index (χ0n) is 17.9.